The van der Waals surface area contributed by atoms with Crippen LogP contribution in [0.4, 0.5) is 5.69 Å². The Bertz CT molecular complexity index is 432. The summed E-state index contributed by atoms with van der Waals surface area (Å²) < 4.78 is 0. The third kappa shape index (κ3) is 2.11. The Morgan fingerprint density at radius 1 is 1.06 bits per heavy atom. The van der Waals surface area contributed by atoms with Crippen LogP contribution in [-0.4, -0.2) is 17.0 Å². The van der Waals surface area contributed by atoms with Gasteiger partial charge in [0.2, 0.25) is 0 Å². The lowest BCUT2D eigenvalue weighted by atomic mass is 9.92. The molecule has 0 bridgehead atoms. The van der Waals surface area contributed by atoms with E-state index in [4.69, 9.17) is 0 Å². The molecule has 96 valence electrons. The summed E-state index contributed by atoms with van der Waals surface area (Å²) in [6, 6.07) is 7.92. The monoisotopic (exact) mass is 247 g/mol. The zero-order valence-corrected chi connectivity index (χ0v) is 10.1. The first-order valence-electron chi connectivity index (χ1n) is 6.50. The van der Waals surface area contributed by atoms with E-state index >= 15 is 0 Å². The van der Waals surface area contributed by atoms with Crippen molar-refractivity contribution in [2.45, 2.75) is 43.9 Å². The molecular formula is C13H17N3O2. The third-order valence-electron chi connectivity index (χ3n) is 3.96. The van der Waals surface area contributed by atoms with Crippen molar-refractivity contribution in [1.82, 2.24) is 10.6 Å². The van der Waals surface area contributed by atoms with Gasteiger partial charge in [-0.2, -0.15) is 0 Å². The van der Waals surface area contributed by atoms with E-state index in [1.165, 1.54) is 25.7 Å². The number of fused-ring (bicyclic) bond motifs is 1. The van der Waals surface area contributed by atoms with Gasteiger partial charge in [0.25, 0.3) is 5.69 Å². The maximum atomic E-state index is 10.6. The minimum Gasteiger partial charge on any atom is -0.294 e. The number of non-ortho nitro benzene ring substituents is 1. The molecule has 0 spiro atoms. The molecule has 5 heteroatoms. The Balaban J connectivity index is 1.73. The topological polar surface area (TPSA) is 67.2 Å². The molecular weight excluding hydrogens is 230 g/mol. The Hall–Kier alpha value is -1.46. The summed E-state index contributed by atoms with van der Waals surface area (Å²) in [5.74, 6) is 0. The van der Waals surface area contributed by atoms with E-state index in [9.17, 15) is 10.1 Å². The molecule has 2 N–H and O–H groups in total. The number of nitro benzene ring substituents is 1. The van der Waals surface area contributed by atoms with Crippen molar-refractivity contribution in [3.05, 3.63) is 39.9 Å². The van der Waals surface area contributed by atoms with Gasteiger partial charge in [0, 0.05) is 24.2 Å². The molecule has 5 nitrogen and oxygen atoms in total. The molecule has 1 aliphatic carbocycles. The fourth-order valence-corrected chi connectivity index (χ4v) is 2.99. The maximum Gasteiger partial charge on any atom is 0.269 e. The number of nitrogens with one attached hydrogen (secondary N) is 2. The standard InChI is InChI=1S/C13H17N3O2/c17-16(18)10-7-5-9(6-8-10)13-14-11-3-1-2-4-12(11)15-13/h5-8,11-15H,1-4H2. The molecule has 2 atom stereocenters. The average molecular weight is 247 g/mol. The van der Waals surface area contributed by atoms with Crippen molar-refractivity contribution in [3.8, 4) is 0 Å². The lowest BCUT2D eigenvalue weighted by molar-refractivity contribution is -0.384. The fraction of sp³-hybridized carbons (Fsp3) is 0.538. The smallest absolute Gasteiger partial charge is 0.269 e. The Labute approximate surface area is 106 Å². The average Bonchev–Trinajstić information content (AvgIpc) is 2.82. The first-order chi connectivity index (χ1) is 8.74. The summed E-state index contributed by atoms with van der Waals surface area (Å²) in [5.41, 5.74) is 1.23. The van der Waals surface area contributed by atoms with Gasteiger partial charge >= 0.3 is 0 Å². The molecule has 1 saturated heterocycles. The Morgan fingerprint density at radius 2 is 1.61 bits per heavy atom. The lowest BCUT2D eigenvalue weighted by Gasteiger charge is -2.23. The number of hydrogen-bond donors (Lipinski definition) is 2. The van der Waals surface area contributed by atoms with Crippen molar-refractivity contribution < 1.29 is 4.92 Å². The van der Waals surface area contributed by atoms with Crippen molar-refractivity contribution in [2.75, 3.05) is 0 Å². The minimum atomic E-state index is -0.362. The van der Waals surface area contributed by atoms with Gasteiger partial charge in [0.1, 0.15) is 0 Å². The summed E-state index contributed by atoms with van der Waals surface area (Å²) in [4.78, 5) is 10.3. The summed E-state index contributed by atoms with van der Waals surface area (Å²) in [6.07, 6.45) is 5.17. The minimum absolute atomic E-state index is 0.138. The second-order valence-electron chi connectivity index (χ2n) is 5.11. The highest BCUT2D eigenvalue weighted by atomic mass is 16.6. The second-order valence-corrected chi connectivity index (χ2v) is 5.11. The number of hydrogen-bond acceptors (Lipinski definition) is 4. The van der Waals surface area contributed by atoms with E-state index in [1.54, 1.807) is 12.1 Å². The van der Waals surface area contributed by atoms with Crippen molar-refractivity contribution in [3.63, 3.8) is 0 Å². The van der Waals surface area contributed by atoms with Gasteiger partial charge in [-0.3, -0.25) is 20.7 Å². The summed E-state index contributed by atoms with van der Waals surface area (Å²) in [5, 5.41) is 17.8. The fourth-order valence-electron chi connectivity index (χ4n) is 2.99. The summed E-state index contributed by atoms with van der Waals surface area (Å²) >= 11 is 0. The van der Waals surface area contributed by atoms with Gasteiger partial charge in [0.05, 0.1) is 11.1 Å². The molecule has 1 saturated carbocycles. The molecule has 2 fully saturated rings. The van der Waals surface area contributed by atoms with Crippen LogP contribution >= 0.6 is 0 Å². The van der Waals surface area contributed by atoms with Crippen LogP contribution in [0, 0.1) is 10.1 Å². The van der Waals surface area contributed by atoms with Crippen LogP contribution < -0.4 is 10.6 Å². The largest absolute Gasteiger partial charge is 0.294 e. The SMILES string of the molecule is O=[N+]([O-])c1ccc(C2NC3CCCCC3N2)cc1. The molecule has 3 rings (SSSR count). The third-order valence-corrected chi connectivity index (χ3v) is 3.96. The van der Waals surface area contributed by atoms with E-state index in [2.05, 4.69) is 10.6 Å². The Kier molecular flexibility index (Phi) is 3.01. The number of rotatable bonds is 2. The van der Waals surface area contributed by atoms with Gasteiger partial charge in [-0.05, 0) is 30.5 Å². The summed E-state index contributed by atoms with van der Waals surface area (Å²) in [6.45, 7) is 0. The Morgan fingerprint density at radius 3 is 2.11 bits per heavy atom. The highest BCUT2D eigenvalue weighted by molar-refractivity contribution is 5.34. The maximum absolute atomic E-state index is 10.6. The van der Waals surface area contributed by atoms with Crippen LogP contribution in [0.25, 0.3) is 0 Å². The normalized spacial score (nSPS) is 31.0. The van der Waals surface area contributed by atoms with Gasteiger partial charge in [-0.15, -0.1) is 0 Å². The number of benzene rings is 1. The predicted octanol–water partition coefficient (Wildman–Crippen LogP) is 2.10. The van der Waals surface area contributed by atoms with Crippen molar-refractivity contribution in [2.24, 2.45) is 0 Å². The summed E-state index contributed by atoms with van der Waals surface area (Å²) in [7, 11) is 0. The molecule has 1 aromatic rings. The second kappa shape index (κ2) is 4.66. The lowest BCUT2D eigenvalue weighted by Crippen LogP contribution is -2.36. The van der Waals surface area contributed by atoms with Crippen molar-refractivity contribution in [1.29, 1.82) is 0 Å². The van der Waals surface area contributed by atoms with E-state index in [1.807, 2.05) is 12.1 Å². The quantitative estimate of drug-likeness (QED) is 0.620. The zero-order valence-electron chi connectivity index (χ0n) is 10.1. The van der Waals surface area contributed by atoms with Gasteiger partial charge in [-0.25, -0.2) is 0 Å². The molecule has 1 aliphatic heterocycles. The van der Waals surface area contributed by atoms with Crippen LogP contribution in [0.1, 0.15) is 37.4 Å². The van der Waals surface area contributed by atoms with E-state index in [0.29, 0.717) is 12.1 Å². The number of nitro groups is 1. The zero-order chi connectivity index (χ0) is 12.5. The van der Waals surface area contributed by atoms with E-state index in [0.717, 1.165) is 5.56 Å². The first kappa shape index (κ1) is 11.6. The molecule has 0 amide bonds. The van der Waals surface area contributed by atoms with Crippen LogP contribution in [0.3, 0.4) is 0 Å². The van der Waals surface area contributed by atoms with E-state index < -0.39 is 0 Å². The van der Waals surface area contributed by atoms with Gasteiger partial charge in [0.15, 0.2) is 0 Å². The highest BCUT2D eigenvalue weighted by Gasteiger charge is 2.34. The molecule has 2 aliphatic rings. The highest BCUT2D eigenvalue weighted by Crippen LogP contribution is 2.28. The molecule has 2 unspecified atom stereocenters. The molecule has 0 radical (unpaired) electrons. The predicted molar refractivity (Wildman–Crippen MR) is 68.2 cm³/mol. The van der Waals surface area contributed by atoms with E-state index in [-0.39, 0.29) is 16.8 Å². The first-order valence-corrected chi connectivity index (χ1v) is 6.50. The van der Waals surface area contributed by atoms with Crippen LogP contribution in [0.15, 0.2) is 24.3 Å². The van der Waals surface area contributed by atoms with Crippen LogP contribution in [0.5, 0.6) is 0 Å². The molecule has 18 heavy (non-hydrogen) atoms. The number of nitrogens with zero attached hydrogens (tertiary/aromatic N) is 1. The van der Waals surface area contributed by atoms with Crippen molar-refractivity contribution >= 4 is 5.69 Å². The molecule has 1 heterocycles. The molecule has 0 aromatic heterocycles. The van der Waals surface area contributed by atoms with Crippen LogP contribution in [-0.2, 0) is 0 Å². The van der Waals surface area contributed by atoms with Crippen LogP contribution in [0.2, 0.25) is 0 Å². The van der Waals surface area contributed by atoms with Gasteiger partial charge < -0.3 is 0 Å². The molecule has 1 aromatic carbocycles. The van der Waals surface area contributed by atoms with Gasteiger partial charge in [-0.1, -0.05) is 12.8 Å².